The first-order valence-corrected chi connectivity index (χ1v) is 4.46. The van der Waals surface area contributed by atoms with Gasteiger partial charge in [-0.2, -0.15) is 0 Å². The molecule has 15 heavy (non-hydrogen) atoms. The minimum atomic E-state index is -0.144. The third-order valence-electron chi connectivity index (χ3n) is 1.91. The van der Waals surface area contributed by atoms with Gasteiger partial charge in [0.25, 0.3) is 5.56 Å². The van der Waals surface area contributed by atoms with E-state index in [0.29, 0.717) is 17.5 Å². The Hall–Kier alpha value is -2.17. The number of nitrogen functional groups attached to an aromatic ring is 1. The summed E-state index contributed by atoms with van der Waals surface area (Å²) in [6, 6.07) is 6.47. The quantitative estimate of drug-likeness (QED) is 0.731. The van der Waals surface area contributed by atoms with E-state index >= 15 is 0 Å². The Morgan fingerprint density at radius 3 is 2.80 bits per heavy atom. The van der Waals surface area contributed by atoms with E-state index in [1.807, 2.05) is 0 Å². The summed E-state index contributed by atoms with van der Waals surface area (Å²) in [5, 5.41) is 0. The van der Waals surface area contributed by atoms with Crippen molar-refractivity contribution in [2.75, 3.05) is 5.73 Å². The zero-order valence-electron chi connectivity index (χ0n) is 8.21. The molecule has 0 aliphatic rings. The molecule has 0 fully saturated rings. The van der Waals surface area contributed by atoms with Crippen LogP contribution in [0.3, 0.4) is 0 Å². The van der Waals surface area contributed by atoms with Gasteiger partial charge in [0.1, 0.15) is 17.5 Å². The summed E-state index contributed by atoms with van der Waals surface area (Å²) in [5.74, 6) is 1.39. The first-order valence-electron chi connectivity index (χ1n) is 4.46. The van der Waals surface area contributed by atoms with Gasteiger partial charge in [0.2, 0.25) is 0 Å². The van der Waals surface area contributed by atoms with Gasteiger partial charge in [-0.05, 0) is 13.0 Å². The molecule has 2 rings (SSSR count). The van der Waals surface area contributed by atoms with Gasteiger partial charge in [0.15, 0.2) is 0 Å². The maximum atomic E-state index is 11.5. The summed E-state index contributed by atoms with van der Waals surface area (Å²) in [6.07, 6.45) is 1.64. The van der Waals surface area contributed by atoms with Crippen molar-refractivity contribution in [3.8, 4) is 5.82 Å². The van der Waals surface area contributed by atoms with Crippen molar-refractivity contribution in [1.82, 2.24) is 14.5 Å². The molecule has 0 aliphatic heterocycles. The van der Waals surface area contributed by atoms with Crippen LogP contribution in [0.15, 0.2) is 35.3 Å². The summed E-state index contributed by atoms with van der Waals surface area (Å²) in [4.78, 5) is 19.6. The van der Waals surface area contributed by atoms with E-state index in [9.17, 15) is 4.79 Å². The van der Waals surface area contributed by atoms with Gasteiger partial charge in [-0.3, -0.25) is 9.36 Å². The zero-order valence-corrected chi connectivity index (χ0v) is 8.21. The summed E-state index contributed by atoms with van der Waals surface area (Å²) in [6.45, 7) is 1.73. The van der Waals surface area contributed by atoms with Crippen molar-refractivity contribution >= 4 is 5.82 Å². The maximum Gasteiger partial charge on any atom is 0.256 e. The van der Waals surface area contributed by atoms with Crippen molar-refractivity contribution in [2.45, 2.75) is 6.92 Å². The molecule has 76 valence electrons. The number of aromatic nitrogens is 3. The molecule has 0 unspecified atom stereocenters. The number of aryl methyl sites for hydroxylation is 1. The molecule has 0 saturated carbocycles. The molecule has 0 aliphatic carbocycles. The van der Waals surface area contributed by atoms with Crippen molar-refractivity contribution < 1.29 is 0 Å². The third kappa shape index (κ3) is 1.85. The Morgan fingerprint density at radius 1 is 1.33 bits per heavy atom. The fraction of sp³-hybridized carbons (Fsp3) is 0.100. The number of hydrogen-bond donors (Lipinski definition) is 1. The lowest BCUT2D eigenvalue weighted by Crippen LogP contribution is -2.17. The molecule has 2 aromatic rings. The van der Waals surface area contributed by atoms with Crippen LogP contribution in [-0.4, -0.2) is 14.5 Å². The summed E-state index contributed by atoms with van der Waals surface area (Å²) >= 11 is 0. The molecule has 0 aromatic carbocycles. The lowest BCUT2D eigenvalue weighted by atomic mass is 10.4. The average Bonchev–Trinajstić information content (AvgIpc) is 2.16. The van der Waals surface area contributed by atoms with Gasteiger partial charge >= 0.3 is 0 Å². The van der Waals surface area contributed by atoms with Crippen LogP contribution in [0.2, 0.25) is 0 Å². The smallest absolute Gasteiger partial charge is 0.256 e. The first kappa shape index (κ1) is 9.39. The molecule has 0 spiro atoms. The van der Waals surface area contributed by atoms with Crippen LogP contribution in [0, 0.1) is 6.92 Å². The van der Waals surface area contributed by atoms with E-state index < -0.39 is 0 Å². The second-order valence-corrected chi connectivity index (χ2v) is 3.11. The molecule has 0 radical (unpaired) electrons. The molecule has 0 bridgehead atoms. The normalized spacial score (nSPS) is 10.2. The Kier molecular flexibility index (Phi) is 2.21. The maximum absolute atomic E-state index is 11.5. The summed E-state index contributed by atoms with van der Waals surface area (Å²) < 4.78 is 1.42. The van der Waals surface area contributed by atoms with Gasteiger partial charge in [-0.15, -0.1) is 0 Å². The van der Waals surface area contributed by atoms with Crippen molar-refractivity contribution in [1.29, 1.82) is 0 Å². The van der Waals surface area contributed by atoms with E-state index in [1.165, 1.54) is 10.6 Å². The second kappa shape index (κ2) is 3.53. The van der Waals surface area contributed by atoms with Gasteiger partial charge in [0, 0.05) is 18.3 Å². The molecule has 0 saturated heterocycles. The number of anilines is 1. The predicted octanol–water partition coefficient (Wildman–Crippen LogP) is 0.518. The van der Waals surface area contributed by atoms with Crippen LogP contribution >= 0.6 is 0 Å². The number of hydrogen-bond acceptors (Lipinski definition) is 4. The predicted molar refractivity (Wildman–Crippen MR) is 56.8 cm³/mol. The van der Waals surface area contributed by atoms with Gasteiger partial charge in [-0.25, -0.2) is 9.97 Å². The molecule has 5 heteroatoms. The molecule has 2 N–H and O–H groups in total. The van der Waals surface area contributed by atoms with Crippen LogP contribution in [0.25, 0.3) is 5.82 Å². The van der Waals surface area contributed by atoms with Crippen molar-refractivity contribution in [3.63, 3.8) is 0 Å². The molecule has 0 amide bonds. The monoisotopic (exact) mass is 202 g/mol. The second-order valence-electron chi connectivity index (χ2n) is 3.11. The third-order valence-corrected chi connectivity index (χ3v) is 1.91. The van der Waals surface area contributed by atoms with Crippen LogP contribution in [0.5, 0.6) is 0 Å². The van der Waals surface area contributed by atoms with Crippen LogP contribution in [-0.2, 0) is 0 Å². The fourth-order valence-corrected chi connectivity index (χ4v) is 1.31. The summed E-state index contributed by atoms with van der Waals surface area (Å²) in [7, 11) is 0. The van der Waals surface area contributed by atoms with E-state index in [2.05, 4.69) is 9.97 Å². The molecule has 2 heterocycles. The highest BCUT2D eigenvalue weighted by atomic mass is 16.1. The molecule has 5 nitrogen and oxygen atoms in total. The number of nitrogens with two attached hydrogens (primary N) is 1. The Bertz CT molecular complexity index is 527. The number of rotatable bonds is 1. The Morgan fingerprint density at radius 2 is 2.13 bits per heavy atom. The van der Waals surface area contributed by atoms with E-state index in [0.717, 1.165) is 0 Å². The first-order chi connectivity index (χ1) is 7.16. The van der Waals surface area contributed by atoms with Gasteiger partial charge in [0.05, 0.1) is 0 Å². The van der Waals surface area contributed by atoms with E-state index in [-0.39, 0.29) is 5.56 Å². The standard InChI is InChI=1S/C10H10N4O/c1-7-12-8(11)6-9(13-7)14-5-3-2-4-10(14)15/h2-6H,1H3,(H2,11,12,13). The Labute approximate surface area is 86.2 Å². The minimum Gasteiger partial charge on any atom is -0.384 e. The molecular formula is C10H10N4O. The van der Waals surface area contributed by atoms with Crippen LogP contribution in [0.1, 0.15) is 5.82 Å². The number of nitrogens with zero attached hydrogens (tertiary/aromatic N) is 3. The fourth-order valence-electron chi connectivity index (χ4n) is 1.31. The van der Waals surface area contributed by atoms with Gasteiger partial charge < -0.3 is 5.73 Å². The van der Waals surface area contributed by atoms with Crippen molar-refractivity contribution in [3.05, 3.63) is 46.6 Å². The molecule has 0 atom stereocenters. The minimum absolute atomic E-state index is 0.144. The molecule has 2 aromatic heterocycles. The number of pyridine rings is 1. The van der Waals surface area contributed by atoms with Crippen LogP contribution in [0.4, 0.5) is 5.82 Å². The topological polar surface area (TPSA) is 73.8 Å². The Balaban J connectivity index is 2.64. The van der Waals surface area contributed by atoms with Crippen LogP contribution < -0.4 is 11.3 Å². The highest BCUT2D eigenvalue weighted by Gasteiger charge is 2.02. The summed E-state index contributed by atoms with van der Waals surface area (Å²) in [5.41, 5.74) is 5.44. The highest BCUT2D eigenvalue weighted by Crippen LogP contribution is 2.05. The largest absolute Gasteiger partial charge is 0.384 e. The average molecular weight is 202 g/mol. The SMILES string of the molecule is Cc1nc(N)cc(-n2ccccc2=O)n1. The lowest BCUT2D eigenvalue weighted by Gasteiger charge is -2.05. The highest BCUT2D eigenvalue weighted by molar-refractivity contribution is 5.37. The van der Waals surface area contributed by atoms with E-state index in [1.54, 1.807) is 31.3 Å². The zero-order chi connectivity index (χ0) is 10.8. The lowest BCUT2D eigenvalue weighted by molar-refractivity contribution is 0.906. The van der Waals surface area contributed by atoms with Crippen molar-refractivity contribution in [2.24, 2.45) is 0 Å². The molecular weight excluding hydrogens is 192 g/mol. The van der Waals surface area contributed by atoms with Gasteiger partial charge in [-0.1, -0.05) is 6.07 Å². The van der Waals surface area contributed by atoms with E-state index in [4.69, 9.17) is 5.73 Å².